The van der Waals surface area contributed by atoms with Gasteiger partial charge in [0.25, 0.3) is 0 Å². The number of benzene rings is 1. The second-order valence-electron chi connectivity index (χ2n) is 8.63. The molecule has 7 heteroatoms. The van der Waals surface area contributed by atoms with Crippen molar-refractivity contribution < 1.29 is 5.11 Å². The maximum absolute atomic E-state index is 10.7. The molecule has 0 spiro atoms. The number of nitrogens with one attached hydrogen (secondary N) is 1. The van der Waals surface area contributed by atoms with Crippen molar-refractivity contribution in [3.63, 3.8) is 0 Å². The fraction of sp³-hybridized carbons (Fsp3) is 0.348. The molecular formula is C23H24N6O. The summed E-state index contributed by atoms with van der Waals surface area (Å²) in [4.78, 5) is 0. The fourth-order valence-electron chi connectivity index (χ4n) is 5.13. The Morgan fingerprint density at radius 1 is 1.03 bits per heavy atom. The van der Waals surface area contributed by atoms with Crippen LogP contribution in [0.1, 0.15) is 31.7 Å². The summed E-state index contributed by atoms with van der Waals surface area (Å²) in [6.07, 6.45) is 10.7. The van der Waals surface area contributed by atoms with Crippen LogP contribution >= 0.6 is 0 Å². The van der Waals surface area contributed by atoms with Crippen LogP contribution in [0.15, 0.2) is 48.9 Å². The molecule has 6 rings (SSSR count). The van der Waals surface area contributed by atoms with Crippen molar-refractivity contribution in [2.75, 3.05) is 0 Å². The van der Waals surface area contributed by atoms with Gasteiger partial charge in [0.15, 0.2) is 5.65 Å². The van der Waals surface area contributed by atoms with Gasteiger partial charge >= 0.3 is 0 Å². The Morgan fingerprint density at radius 2 is 1.87 bits per heavy atom. The van der Waals surface area contributed by atoms with Crippen molar-refractivity contribution >= 4 is 11.0 Å². The molecule has 7 nitrogen and oxygen atoms in total. The van der Waals surface area contributed by atoms with Crippen molar-refractivity contribution in [3.05, 3.63) is 48.9 Å². The van der Waals surface area contributed by atoms with E-state index in [9.17, 15) is 5.11 Å². The van der Waals surface area contributed by atoms with E-state index in [1.54, 1.807) is 16.9 Å². The van der Waals surface area contributed by atoms with Crippen LogP contribution in [-0.4, -0.2) is 41.7 Å². The van der Waals surface area contributed by atoms with E-state index < -0.39 is 0 Å². The van der Waals surface area contributed by atoms with Crippen LogP contribution in [0.3, 0.4) is 0 Å². The minimum atomic E-state index is 0.194. The van der Waals surface area contributed by atoms with Gasteiger partial charge in [-0.2, -0.15) is 5.10 Å². The van der Waals surface area contributed by atoms with E-state index in [2.05, 4.69) is 37.4 Å². The minimum Gasteiger partial charge on any atom is -0.507 e. The molecule has 0 aliphatic carbocycles. The first-order valence-corrected chi connectivity index (χ1v) is 10.6. The molecule has 0 amide bonds. The quantitative estimate of drug-likeness (QED) is 0.549. The van der Waals surface area contributed by atoms with Gasteiger partial charge in [-0.3, -0.25) is 4.68 Å². The molecule has 2 atom stereocenters. The van der Waals surface area contributed by atoms with E-state index in [1.807, 2.05) is 31.4 Å². The lowest BCUT2D eigenvalue weighted by molar-refractivity contribution is 0.303. The molecule has 0 radical (unpaired) electrons. The van der Waals surface area contributed by atoms with E-state index in [0.717, 1.165) is 35.0 Å². The Morgan fingerprint density at radius 3 is 2.60 bits per heavy atom. The molecule has 2 saturated heterocycles. The van der Waals surface area contributed by atoms with E-state index in [1.165, 1.54) is 12.8 Å². The second-order valence-corrected chi connectivity index (χ2v) is 8.63. The van der Waals surface area contributed by atoms with Gasteiger partial charge in [0, 0.05) is 54.1 Å². The molecular weight excluding hydrogens is 376 g/mol. The van der Waals surface area contributed by atoms with Gasteiger partial charge in [0.05, 0.1) is 11.9 Å². The lowest BCUT2D eigenvalue weighted by Crippen LogP contribution is -2.38. The SMILES string of the molecule is Cn1cc(-c2ccc(-c3cc4ccn(C5CC6CCC(C5)N6)c4nn3)c(O)c2)cn1. The topological polar surface area (TPSA) is 80.8 Å². The highest BCUT2D eigenvalue weighted by atomic mass is 16.3. The predicted octanol–water partition coefficient (Wildman–Crippen LogP) is 3.66. The molecule has 2 N–H and O–H groups in total. The molecule has 2 aliphatic rings. The zero-order valence-corrected chi connectivity index (χ0v) is 16.9. The molecule has 2 unspecified atom stereocenters. The Bertz CT molecular complexity index is 1230. The maximum atomic E-state index is 10.7. The number of hydrogen-bond acceptors (Lipinski definition) is 5. The minimum absolute atomic E-state index is 0.194. The highest BCUT2D eigenvalue weighted by Crippen LogP contribution is 2.37. The second kappa shape index (κ2) is 6.67. The third-order valence-electron chi connectivity index (χ3n) is 6.62. The summed E-state index contributed by atoms with van der Waals surface area (Å²) >= 11 is 0. The summed E-state index contributed by atoms with van der Waals surface area (Å²) in [6.45, 7) is 0. The molecule has 0 saturated carbocycles. The summed E-state index contributed by atoms with van der Waals surface area (Å²) in [5.41, 5.74) is 4.18. The number of nitrogens with zero attached hydrogens (tertiary/aromatic N) is 5. The first kappa shape index (κ1) is 17.7. The van der Waals surface area contributed by atoms with E-state index in [4.69, 9.17) is 0 Å². The largest absolute Gasteiger partial charge is 0.507 e. The Kier molecular flexibility index (Phi) is 3.92. The molecule has 5 heterocycles. The van der Waals surface area contributed by atoms with Crippen LogP contribution in [0, 0.1) is 0 Å². The Balaban J connectivity index is 1.33. The van der Waals surface area contributed by atoms with Crippen LogP contribution in [-0.2, 0) is 7.05 Å². The van der Waals surface area contributed by atoms with Crippen LogP contribution in [0.25, 0.3) is 33.4 Å². The van der Waals surface area contributed by atoms with Crippen molar-refractivity contribution in [2.24, 2.45) is 7.05 Å². The standard InChI is InChI=1S/C23H24N6O/c1-28-13-16(12-24-28)14-2-5-20(22(30)9-14)21-8-15-6-7-29(23(15)27-26-21)19-10-17-3-4-18(11-19)25-17/h2,5-9,12-13,17-19,25,30H,3-4,10-11H2,1H3. The zero-order chi connectivity index (χ0) is 20.2. The number of aromatic hydroxyl groups is 1. The molecule has 152 valence electrons. The molecule has 1 aromatic carbocycles. The van der Waals surface area contributed by atoms with Gasteiger partial charge in [0.2, 0.25) is 0 Å². The number of phenolic OH excluding ortho intramolecular Hbond substituents is 1. The van der Waals surface area contributed by atoms with Crippen LogP contribution in [0.5, 0.6) is 5.75 Å². The summed E-state index contributed by atoms with van der Waals surface area (Å²) in [6, 6.07) is 11.5. The van der Waals surface area contributed by atoms with E-state index >= 15 is 0 Å². The lowest BCUT2D eigenvalue weighted by atomic mass is 10.00. The molecule has 2 fully saturated rings. The molecule has 3 aromatic heterocycles. The molecule has 2 aliphatic heterocycles. The van der Waals surface area contributed by atoms with Crippen LogP contribution < -0.4 is 5.32 Å². The zero-order valence-electron chi connectivity index (χ0n) is 16.9. The number of aromatic nitrogens is 5. The third-order valence-corrected chi connectivity index (χ3v) is 6.62. The first-order chi connectivity index (χ1) is 14.6. The smallest absolute Gasteiger partial charge is 0.162 e. The molecule has 30 heavy (non-hydrogen) atoms. The summed E-state index contributed by atoms with van der Waals surface area (Å²) in [5, 5.41) is 28.6. The first-order valence-electron chi connectivity index (χ1n) is 10.6. The van der Waals surface area contributed by atoms with Crippen LogP contribution in [0.4, 0.5) is 0 Å². The molecule has 2 bridgehead atoms. The summed E-state index contributed by atoms with van der Waals surface area (Å²) in [5.74, 6) is 0.194. The number of phenols is 1. The van der Waals surface area contributed by atoms with E-state index in [0.29, 0.717) is 29.4 Å². The monoisotopic (exact) mass is 400 g/mol. The van der Waals surface area contributed by atoms with Gasteiger partial charge in [0.1, 0.15) is 5.75 Å². The van der Waals surface area contributed by atoms with Gasteiger partial charge in [-0.25, -0.2) is 0 Å². The summed E-state index contributed by atoms with van der Waals surface area (Å²) in [7, 11) is 1.88. The predicted molar refractivity (Wildman–Crippen MR) is 115 cm³/mol. The highest BCUT2D eigenvalue weighted by Gasteiger charge is 2.34. The van der Waals surface area contributed by atoms with Gasteiger partial charge in [-0.15, -0.1) is 10.2 Å². The number of fused-ring (bicyclic) bond motifs is 3. The molecule has 4 aromatic rings. The maximum Gasteiger partial charge on any atom is 0.162 e. The summed E-state index contributed by atoms with van der Waals surface area (Å²) < 4.78 is 4.04. The van der Waals surface area contributed by atoms with Crippen LogP contribution in [0.2, 0.25) is 0 Å². The third kappa shape index (κ3) is 2.89. The Labute approximate surface area is 174 Å². The lowest BCUT2D eigenvalue weighted by Gasteiger charge is -2.30. The van der Waals surface area contributed by atoms with Crippen molar-refractivity contribution in [1.82, 2.24) is 29.9 Å². The highest BCUT2D eigenvalue weighted by molar-refractivity contribution is 5.82. The Hall–Kier alpha value is -3.19. The fourth-order valence-corrected chi connectivity index (χ4v) is 5.13. The van der Waals surface area contributed by atoms with Gasteiger partial charge in [-0.1, -0.05) is 6.07 Å². The van der Waals surface area contributed by atoms with Gasteiger partial charge in [-0.05, 0) is 55.5 Å². The number of hydrogen-bond donors (Lipinski definition) is 2. The normalized spacial score (nSPS) is 23.3. The van der Waals surface area contributed by atoms with Crippen molar-refractivity contribution in [3.8, 4) is 28.1 Å². The number of rotatable bonds is 3. The number of aryl methyl sites for hydroxylation is 1. The van der Waals surface area contributed by atoms with Gasteiger partial charge < -0.3 is 15.0 Å². The number of piperidine rings is 1. The average molecular weight is 400 g/mol. The van der Waals surface area contributed by atoms with Crippen molar-refractivity contribution in [1.29, 1.82) is 0 Å². The van der Waals surface area contributed by atoms with Crippen molar-refractivity contribution in [2.45, 2.75) is 43.8 Å². The average Bonchev–Trinajstić information content (AvgIpc) is 3.45. The van der Waals surface area contributed by atoms with E-state index in [-0.39, 0.29) is 5.75 Å².